The fourth-order valence-electron chi connectivity index (χ4n) is 6.42. The Morgan fingerprint density at radius 2 is 1.09 bits per heavy atom. The van der Waals surface area contributed by atoms with Crippen LogP contribution in [0.1, 0.15) is 26.2 Å². The lowest BCUT2D eigenvalue weighted by Crippen LogP contribution is -1.96. The molecule has 1 heteroatoms. The van der Waals surface area contributed by atoms with Crippen molar-refractivity contribution in [2.24, 2.45) is 0 Å². The first kappa shape index (κ1) is 16.3. The SMILES string of the molecule is [2H]c1c([2H])c([2H])c(-c2ccc(-c3c4ccccc4c(Cc4cccc5oc6c([2H])c7c([2H])c([2H])c([2H])c([2H])c7c([2H])c6c45)c4ccccc34)cc2)c([2H])c1[2H]. The molecule has 0 radical (unpaired) electrons. The molecule has 1 heterocycles. The molecule has 9 aromatic rings. The van der Waals surface area contributed by atoms with Gasteiger partial charge in [-0.2, -0.15) is 0 Å². The largest absolute Gasteiger partial charge is 0.456 e. The second kappa shape index (κ2) is 9.97. The third kappa shape index (κ3) is 3.94. The summed E-state index contributed by atoms with van der Waals surface area (Å²) in [6, 6.07) is 25.5. The van der Waals surface area contributed by atoms with Gasteiger partial charge in [-0.25, -0.2) is 0 Å². The molecular weight excluding hydrogens is 532 g/mol. The van der Waals surface area contributed by atoms with Gasteiger partial charge in [-0.3, -0.25) is 0 Å². The highest BCUT2D eigenvalue weighted by Gasteiger charge is 2.18. The van der Waals surface area contributed by atoms with Gasteiger partial charge in [0.25, 0.3) is 0 Å². The van der Waals surface area contributed by atoms with Crippen LogP contribution in [0.3, 0.4) is 0 Å². The van der Waals surface area contributed by atoms with Crippen LogP contribution in [0.2, 0.25) is 0 Å². The first-order valence-electron chi connectivity index (χ1n) is 19.8. The summed E-state index contributed by atoms with van der Waals surface area (Å²) in [5.74, 6) is 0. The molecule has 44 heavy (non-hydrogen) atoms. The molecule has 0 amide bonds. The second-order valence-electron chi connectivity index (χ2n) is 10.8. The Morgan fingerprint density at radius 1 is 0.477 bits per heavy atom. The van der Waals surface area contributed by atoms with E-state index in [1.807, 2.05) is 48.5 Å². The number of rotatable bonds is 4. The molecular formula is C43H28O. The minimum absolute atomic E-state index is 0.0150. The van der Waals surface area contributed by atoms with E-state index in [4.69, 9.17) is 18.1 Å². The maximum absolute atomic E-state index is 9.28. The van der Waals surface area contributed by atoms with Crippen LogP contribution < -0.4 is 0 Å². The molecule has 0 aliphatic rings. The van der Waals surface area contributed by atoms with Gasteiger partial charge in [0.1, 0.15) is 11.2 Å². The Morgan fingerprint density at radius 3 is 1.80 bits per heavy atom. The van der Waals surface area contributed by atoms with Crippen LogP contribution in [0.25, 0.3) is 76.5 Å². The van der Waals surface area contributed by atoms with Gasteiger partial charge in [0.05, 0.1) is 15.1 Å². The van der Waals surface area contributed by atoms with Crippen LogP contribution in [-0.2, 0) is 6.42 Å². The zero-order valence-electron chi connectivity index (χ0n) is 34.3. The molecule has 0 unspecified atom stereocenters. The Hall–Kier alpha value is -5.66. The van der Waals surface area contributed by atoms with Crippen LogP contribution in [-0.4, -0.2) is 0 Å². The summed E-state index contributed by atoms with van der Waals surface area (Å²) in [7, 11) is 0. The van der Waals surface area contributed by atoms with Gasteiger partial charge in [-0.05, 0) is 90.3 Å². The molecule has 0 N–H and O–H groups in total. The number of benzene rings is 8. The highest BCUT2D eigenvalue weighted by molar-refractivity contribution is 6.16. The molecule has 1 nitrogen and oxygen atoms in total. The Bertz CT molecular complexity index is 3040. The first-order chi connectivity index (χ1) is 26.4. The summed E-state index contributed by atoms with van der Waals surface area (Å²) in [5, 5.41) is 4.82. The van der Waals surface area contributed by atoms with Crippen LogP contribution in [0, 0.1) is 0 Å². The van der Waals surface area contributed by atoms with Crippen molar-refractivity contribution in [1.29, 1.82) is 0 Å². The molecule has 0 saturated carbocycles. The van der Waals surface area contributed by atoms with Crippen molar-refractivity contribution in [2.75, 3.05) is 0 Å². The van der Waals surface area contributed by atoms with Crippen molar-refractivity contribution in [2.45, 2.75) is 6.42 Å². The molecule has 206 valence electrons. The van der Waals surface area contributed by atoms with E-state index in [1.54, 1.807) is 18.2 Å². The van der Waals surface area contributed by atoms with Crippen LogP contribution in [0.4, 0.5) is 0 Å². The maximum Gasteiger partial charge on any atom is 0.136 e. The summed E-state index contributed by atoms with van der Waals surface area (Å²) < 4.78 is 99.4. The van der Waals surface area contributed by atoms with Crippen LogP contribution in [0.15, 0.2) is 162 Å². The zero-order valence-corrected chi connectivity index (χ0v) is 23.3. The van der Waals surface area contributed by atoms with Gasteiger partial charge < -0.3 is 4.42 Å². The van der Waals surface area contributed by atoms with Crippen molar-refractivity contribution >= 4 is 54.3 Å². The minimum atomic E-state index is -0.464. The molecule has 0 aliphatic carbocycles. The Labute approximate surface area is 271 Å². The van der Waals surface area contributed by atoms with E-state index in [0.29, 0.717) is 28.3 Å². The third-order valence-corrected chi connectivity index (χ3v) is 8.35. The van der Waals surface area contributed by atoms with E-state index in [2.05, 4.69) is 24.3 Å². The van der Waals surface area contributed by atoms with E-state index in [0.717, 1.165) is 43.8 Å². The van der Waals surface area contributed by atoms with Crippen molar-refractivity contribution in [3.8, 4) is 22.3 Å². The molecule has 0 fully saturated rings. The average molecular weight is 572 g/mol. The van der Waals surface area contributed by atoms with E-state index in [9.17, 15) is 1.37 Å². The smallest absolute Gasteiger partial charge is 0.136 e. The van der Waals surface area contributed by atoms with Crippen LogP contribution >= 0.6 is 0 Å². The summed E-state index contributed by atoms with van der Waals surface area (Å²) in [5.41, 5.74) is 4.91. The molecule has 0 bridgehead atoms. The summed E-state index contributed by atoms with van der Waals surface area (Å²) in [6.45, 7) is 0. The normalized spacial score (nSPS) is 15.2. The van der Waals surface area contributed by atoms with Crippen LogP contribution in [0.5, 0.6) is 0 Å². The second-order valence-corrected chi connectivity index (χ2v) is 10.8. The van der Waals surface area contributed by atoms with Gasteiger partial charge >= 0.3 is 0 Å². The molecule has 9 rings (SSSR count). The van der Waals surface area contributed by atoms with E-state index in [-0.39, 0.29) is 70.3 Å². The van der Waals surface area contributed by atoms with Gasteiger partial charge in [-0.1, -0.05) is 139 Å². The van der Waals surface area contributed by atoms with Crippen molar-refractivity contribution in [3.63, 3.8) is 0 Å². The average Bonchev–Trinajstić information content (AvgIpc) is 3.61. The van der Waals surface area contributed by atoms with Crippen molar-refractivity contribution in [1.82, 2.24) is 0 Å². The molecule has 0 spiro atoms. The van der Waals surface area contributed by atoms with Crippen molar-refractivity contribution in [3.05, 3.63) is 169 Å². The highest BCUT2D eigenvalue weighted by atomic mass is 16.3. The summed E-state index contributed by atoms with van der Waals surface area (Å²) in [6.07, 6.45) is 0.416. The van der Waals surface area contributed by atoms with Gasteiger partial charge in [-0.15, -0.1) is 0 Å². The fraction of sp³-hybridized carbons (Fsp3) is 0.0233. The van der Waals surface area contributed by atoms with E-state index < -0.39 is 18.1 Å². The fourth-order valence-corrected chi connectivity index (χ4v) is 6.42. The number of fused-ring (bicyclic) bond motifs is 6. The first-order valence-corrected chi connectivity index (χ1v) is 14.3. The van der Waals surface area contributed by atoms with E-state index in [1.165, 1.54) is 0 Å². The maximum atomic E-state index is 9.28. The standard InChI is InChI=1S/C43H28O/c1-2-11-28(12-3-1)29-21-23-30(24-22-29)42-36-18-8-6-16-34(36)38(35-17-7-9-19-37(35)42)26-33-15-10-20-40-43(33)39-25-31-13-4-5-14-32(31)27-41(39)44-40/h1-25,27H,26H2/i1D,2D,3D,4D,5D,11D,12D,13D,14D,25D,27D. The van der Waals surface area contributed by atoms with Gasteiger partial charge in [0.2, 0.25) is 0 Å². The topological polar surface area (TPSA) is 13.1 Å². The Balaban J connectivity index is 1.26. The minimum Gasteiger partial charge on any atom is -0.456 e. The number of hydrogen-bond donors (Lipinski definition) is 0. The monoisotopic (exact) mass is 571 g/mol. The lowest BCUT2D eigenvalue weighted by molar-refractivity contribution is 0.669. The predicted octanol–water partition coefficient (Wildman–Crippen LogP) is 12.0. The lowest BCUT2D eigenvalue weighted by Gasteiger charge is -2.18. The quantitative estimate of drug-likeness (QED) is 0.192. The highest BCUT2D eigenvalue weighted by Crippen LogP contribution is 2.42. The lowest BCUT2D eigenvalue weighted by atomic mass is 9.85. The van der Waals surface area contributed by atoms with E-state index >= 15 is 0 Å². The number of furan rings is 1. The summed E-state index contributed by atoms with van der Waals surface area (Å²) >= 11 is 0. The predicted molar refractivity (Wildman–Crippen MR) is 186 cm³/mol. The molecule has 8 aromatic carbocycles. The van der Waals surface area contributed by atoms with Crippen molar-refractivity contribution < 1.29 is 19.5 Å². The molecule has 0 atom stereocenters. The molecule has 1 aromatic heterocycles. The molecule has 0 aliphatic heterocycles. The zero-order chi connectivity index (χ0) is 38.6. The summed E-state index contributed by atoms with van der Waals surface area (Å²) in [4.78, 5) is 0. The third-order valence-electron chi connectivity index (χ3n) is 8.35. The molecule has 0 saturated heterocycles. The Kier molecular flexibility index (Phi) is 3.68. The van der Waals surface area contributed by atoms with Gasteiger partial charge in [0, 0.05) is 10.8 Å². The van der Waals surface area contributed by atoms with Gasteiger partial charge in [0.15, 0.2) is 0 Å². The number of hydrogen-bond acceptors (Lipinski definition) is 1.